The van der Waals surface area contributed by atoms with E-state index < -0.39 is 0 Å². The Balaban J connectivity index is 1.99. The first kappa shape index (κ1) is 13.5. The quantitative estimate of drug-likeness (QED) is 0.770. The number of hydrogen-bond donors (Lipinski definition) is 2. The van der Waals surface area contributed by atoms with Gasteiger partial charge in [0.15, 0.2) is 5.82 Å². The van der Waals surface area contributed by atoms with Gasteiger partial charge >= 0.3 is 0 Å². The zero-order valence-electron chi connectivity index (χ0n) is 11.8. The van der Waals surface area contributed by atoms with Gasteiger partial charge < -0.3 is 10.4 Å². The first-order valence-electron chi connectivity index (χ1n) is 6.94. The van der Waals surface area contributed by atoms with Gasteiger partial charge in [0.05, 0.1) is 18.3 Å². The number of aliphatic hydroxyl groups is 1. The number of anilines is 1. The van der Waals surface area contributed by atoms with E-state index in [1.165, 1.54) is 0 Å². The van der Waals surface area contributed by atoms with Crippen molar-refractivity contribution in [1.29, 1.82) is 0 Å². The van der Waals surface area contributed by atoms with E-state index in [0.29, 0.717) is 5.82 Å². The first-order chi connectivity index (χ1) is 10.3. The third-order valence-electron chi connectivity index (χ3n) is 3.57. The Labute approximate surface area is 123 Å². The fourth-order valence-electron chi connectivity index (χ4n) is 2.43. The summed E-state index contributed by atoms with van der Waals surface area (Å²) >= 11 is 0. The van der Waals surface area contributed by atoms with Crippen molar-refractivity contribution in [1.82, 2.24) is 10.2 Å². The van der Waals surface area contributed by atoms with E-state index in [1.54, 1.807) is 0 Å². The third-order valence-corrected chi connectivity index (χ3v) is 3.57. The van der Waals surface area contributed by atoms with Gasteiger partial charge in [-0.2, -0.15) is 5.10 Å². The zero-order valence-corrected chi connectivity index (χ0v) is 11.8. The number of aromatic nitrogens is 2. The Hall–Kier alpha value is -2.46. The summed E-state index contributed by atoms with van der Waals surface area (Å²) in [5.41, 5.74) is 1.92. The number of rotatable bonds is 4. The highest BCUT2D eigenvalue weighted by Crippen LogP contribution is 2.25. The molecule has 1 heterocycles. The molecule has 2 N–H and O–H groups in total. The Morgan fingerprint density at radius 2 is 1.62 bits per heavy atom. The summed E-state index contributed by atoms with van der Waals surface area (Å²) in [6.45, 7) is 1.94. The van der Waals surface area contributed by atoms with Crippen LogP contribution in [0, 0.1) is 6.92 Å². The standard InChI is InChI=1S/C17H17N3O/c1-12-14-9-5-6-10-15(14)17(20-19-12)18-16(11-21)13-7-3-2-4-8-13/h2-10,16,21H,11H2,1H3,(H,18,20). The minimum atomic E-state index is -0.202. The second-order valence-corrected chi connectivity index (χ2v) is 4.97. The molecule has 106 valence electrons. The van der Waals surface area contributed by atoms with Gasteiger partial charge in [0.1, 0.15) is 0 Å². The minimum absolute atomic E-state index is 0.00605. The first-order valence-corrected chi connectivity index (χ1v) is 6.94. The van der Waals surface area contributed by atoms with Crippen molar-refractivity contribution in [2.24, 2.45) is 0 Å². The summed E-state index contributed by atoms with van der Waals surface area (Å²) in [5.74, 6) is 0.694. The molecule has 1 unspecified atom stereocenters. The lowest BCUT2D eigenvalue weighted by Gasteiger charge is -2.18. The van der Waals surface area contributed by atoms with Crippen LogP contribution in [0.1, 0.15) is 17.3 Å². The molecule has 0 fully saturated rings. The van der Waals surface area contributed by atoms with Crippen LogP contribution in [0.4, 0.5) is 5.82 Å². The fraction of sp³-hybridized carbons (Fsp3) is 0.176. The Morgan fingerprint density at radius 1 is 0.952 bits per heavy atom. The number of benzene rings is 2. The number of fused-ring (bicyclic) bond motifs is 1. The average Bonchev–Trinajstić information content (AvgIpc) is 2.55. The molecule has 0 saturated heterocycles. The number of nitrogens with zero attached hydrogens (tertiary/aromatic N) is 2. The molecule has 0 radical (unpaired) electrons. The van der Waals surface area contributed by atoms with Gasteiger partial charge in [-0.1, -0.05) is 54.6 Å². The van der Waals surface area contributed by atoms with Gasteiger partial charge in [-0.15, -0.1) is 5.10 Å². The molecular weight excluding hydrogens is 262 g/mol. The van der Waals surface area contributed by atoms with E-state index in [1.807, 2.05) is 61.5 Å². The van der Waals surface area contributed by atoms with Crippen LogP contribution in [0.3, 0.4) is 0 Å². The van der Waals surface area contributed by atoms with Crippen LogP contribution in [0.2, 0.25) is 0 Å². The van der Waals surface area contributed by atoms with Crippen molar-refractivity contribution >= 4 is 16.6 Å². The summed E-state index contributed by atoms with van der Waals surface area (Å²) in [4.78, 5) is 0. The molecule has 0 bridgehead atoms. The highest BCUT2D eigenvalue weighted by Gasteiger charge is 2.13. The van der Waals surface area contributed by atoms with Crippen molar-refractivity contribution in [3.05, 3.63) is 65.9 Å². The lowest BCUT2D eigenvalue weighted by Crippen LogP contribution is -2.16. The Bertz CT molecular complexity index is 743. The predicted octanol–water partition coefficient (Wildman–Crippen LogP) is 3.08. The summed E-state index contributed by atoms with van der Waals surface area (Å²) in [6, 6.07) is 17.6. The van der Waals surface area contributed by atoms with Crippen molar-refractivity contribution in [3.8, 4) is 0 Å². The van der Waals surface area contributed by atoms with Crippen LogP contribution in [0.5, 0.6) is 0 Å². The number of aryl methyl sites for hydroxylation is 1. The Morgan fingerprint density at radius 3 is 2.33 bits per heavy atom. The maximum Gasteiger partial charge on any atom is 0.157 e. The maximum absolute atomic E-state index is 9.66. The SMILES string of the molecule is Cc1nnc(NC(CO)c2ccccc2)c2ccccc12. The summed E-state index contributed by atoms with van der Waals surface area (Å²) in [5, 5.41) is 23.5. The summed E-state index contributed by atoms with van der Waals surface area (Å²) in [6.07, 6.45) is 0. The third kappa shape index (κ3) is 2.71. The second kappa shape index (κ2) is 5.89. The van der Waals surface area contributed by atoms with Crippen molar-refractivity contribution in [2.45, 2.75) is 13.0 Å². The molecule has 4 nitrogen and oxygen atoms in total. The molecule has 0 aliphatic heterocycles. The van der Waals surface area contributed by atoms with Crippen LogP contribution in [-0.4, -0.2) is 21.9 Å². The van der Waals surface area contributed by atoms with E-state index in [4.69, 9.17) is 0 Å². The number of nitrogens with one attached hydrogen (secondary N) is 1. The molecule has 3 rings (SSSR count). The lowest BCUT2D eigenvalue weighted by molar-refractivity contribution is 0.276. The van der Waals surface area contributed by atoms with Crippen molar-refractivity contribution in [3.63, 3.8) is 0 Å². The fourth-order valence-corrected chi connectivity index (χ4v) is 2.43. The highest BCUT2D eigenvalue weighted by molar-refractivity contribution is 5.92. The van der Waals surface area contributed by atoms with Crippen LogP contribution in [0.25, 0.3) is 10.8 Å². The van der Waals surface area contributed by atoms with E-state index in [0.717, 1.165) is 22.0 Å². The van der Waals surface area contributed by atoms with E-state index in [2.05, 4.69) is 15.5 Å². The van der Waals surface area contributed by atoms with Gasteiger partial charge in [0.25, 0.3) is 0 Å². The molecule has 3 aromatic rings. The van der Waals surface area contributed by atoms with Gasteiger partial charge in [0, 0.05) is 10.8 Å². The highest BCUT2D eigenvalue weighted by atomic mass is 16.3. The van der Waals surface area contributed by atoms with Crippen LogP contribution in [0.15, 0.2) is 54.6 Å². The molecule has 2 aromatic carbocycles. The molecule has 21 heavy (non-hydrogen) atoms. The van der Waals surface area contributed by atoms with Gasteiger partial charge in [-0.3, -0.25) is 0 Å². The normalized spacial score (nSPS) is 12.3. The largest absolute Gasteiger partial charge is 0.394 e. The molecular formula is C17H17N3O. The van der Waals surface area contributed by atoms with Crippen molar-refractivity contribution in [2.75, 3.05) is 11.9 Å². The van der Waals surface area contributed by atoms with Gasteiger partial charge in [-0.05, 0) is 12.5 Å². The predicted molar refractivity (Wildman–Crippen MR) is 84.2 cm³/mol. The lowest BCUT2D eigenvalue weighted by atomic mass is 10.1. The minimum Gasteiger partial charge on any atom is -0.394 e. The molecule has 0 saturated carbocycles. The number of aliphatic hydroxyl groups excluding tert-OH is 1. The average molecular weight is 279 g/mol. The topological polar surface area (TPSA) is 58.0 Å². The summed E-state index contributed by atoms with van der Waals surface area (Å²) < 4.78 is 0. The van der Waals surface area contributed by atoms with Crippen LogP contribution in [-0.2, 0) is 0 Å². The molecule has 1 atom stereocenters. The summed E-state index contributed by atoms with van der Waals surface area (Å²) in [7, 11) is 0. The molecule has 0 aliphatic rings. The zero-order chi connectivity index (χ0) is 14.7. The molecule has 1 aromatic heterocycles. The smallest absolute Gasteiger partial charge is 0.157 e. The van der Waals surface area contributed by atoms with E-state index >= 15 is 0 Å². The Kier molecular flexibility index (Phi) is 3.79. The van der Waals surface area contributed by atoms with Gasteiger partial charge in [-0.25, -0.2) is 0 Å². The van der Waals surface area contributed by atoms with E-state index in [-0.39, 0.29) is 12.6 Å². The molecule has 0 amide bonds. The second-order valence-electron chi connectivity index (χ2n) is 4.97. The van der Waals surface area contributed by atoms with Gasteiger partial charge in [0.2, 0.25) is 0 Å². The van der Waals surface area contributed by atoms with Crippen LogP contribution < -0.4 is 5.32 Å². The van der Waals surface area contributed by atoms with Crippen LogP contribution >= 0.6 is 0 Å². The molecule has 4 heteroatoms. The van der Waals surface area contributed by atoms with Crippen molar-refractivity contribution < 1.29 is 5.11 Å². The number of hydrogen-bond acceptors (Lipinski definition) is 4. The van der Waals surface area contributed by atoms with E-state index in [9.17, 15) is 5.11 Å². The molecule has 0 aliphatic carbocycles. The maximum atomic E-state index is 9.66. The molecule has 0 spiro atoms. The monoisotopic (exact) mass is 279 g/mol.